The van der Waals surface area contributed by atoms with E-state index in [4.69, 9.17) is 10.00 Å². The van der Waals surface area contributed by atoms with Gasteiger partial charge >= 0.3 is 0 Å². The van der Waals surface area contributed by atoms with Crippen LogP contribution in [0, 0.1) is 23.1 Å². The molecule has 26 heavy (non-hydrogen) atoms. The quantitative estimate of drug-likeness (QED) is 0.704. The Morgan fingerprint density at radius 3 is 2.92 bits per heavy atom. The molecule has 0 amide bonds. The van der Waals surface area contributed by atoms with Gasteiger partial charge in [-0.3, -0.25) is 0 Å². The Kier molecular flexibility index (Phi) is 5.70. The average Bonchev–Trinajstić information content (AvgIpc) is 2.70. The van der Waals surface area contributed by atoms with Crippen molar-refractivity contribution in [1.29, 1.82) is 5.26 Å². The fraction of sp³-hybridized carbons (Fsp3) is 0.438. The van der Waals surface area contributed by atoms with Gasteiger partial charge < -0.3 is 20.7 Å². The number of anilines is 3. The highest BCUT2D eigenvalue weighted by molar-refractivity contribution is 5.63. The SMILES string of the molecule is COc1nnc(Nc2cnc(C#N)cn2)c(F)c1NCC1CCCNC1. The number of halogens is 1. The minimum absolute atomic E-state index is 0.0859. The van der Waals surface area contributed by atoms with Gasteiger partial charge in [0.05, 0.1) is 19.5 Å². The summed E-state index contributed by atoms with van der Waals surface area (Å²) < 4.78 is 20.0. The lowest BCUT2D eigenvalue weighted by Gasteiger charge is -2.23. The summed E-state index contributed by atoms with van der Waals surface area (Å²) in [6.45, 7) is 2.51. The smallest absolute Gasteiger partial charge is 0.260 e. The monoisotopic (exact) mass is 358 g/mol. The van der Waals surface area contributed by atoms with Crippen LogP contribution in [0.15, 0.2) is 12.4 Å². The maximum Gasteiger partial charge on any atom is 0.260 e. The van der Waals surface area contributed by atoms with Crippen LogP contribution in [0.4, 0.5) is 21.7 Å². The summed E-state index contributed by atoms with van der Waals surface area (Å²) >= 11 is 0. The van der Waals surface area contributed by atoms with Crippen molar-refractivity contribution in [3.05, 3.63) is 23.9 Å². The number of aromatic nitrogens is 4. The molecule has 3 N–H and O–H groups in total. The van der Waals surface area contributed by atoms with Gasteiger partial charge in [-0.2, -0.15) is 5.26 Å². The van der Waals surface area contributed by atoms with Crippen LogP contribution in [0.2, 0.25) is 0 Å². The summed E-state index contributed by atoms with van der Waals surface area (Å²) in [6, 6.07) is 1.87. The van der Waals surface area contributed by atoms with E-state index in [0.29, 0.717) is 12.5 Å². The van der Waals surface area contributed by atoms with Crippen LogP contribution >= 0.6 is 0 Å². The van der Waals surface area contributed by atoms with Gasteiger partial charge in [-0.1, -0.05) is 0 Å². The molecule has 1 aliphatic heterocycles. The third-order valence-electron chi connectivity index (χ3n) is 4.05. The Morgan fingerprint density at radius 2 is 2.27 bits per heavy atom. The van der Waals surface area contributed by atoms with Gasteiger partial charge in [0.15, 0.2) is 17.3 Å². The molecule has 1 saturated heterocycles. The van der Waals surface area contributed by atoms with E-state index in [-0.39, 0.29) is 28.9 Å². The number of methoxy groups -OCH3 is 1. The third-order valence-corrected chi connectivity index (χ3v) is 4.05. The first-order valence-electron chi connectivity index (χ1n) is 8.25. The molecule has 1 aliphatic rings. The van der Waals surface area contributed by atoms with Gasteiger partial charge in [0.2, 0.25) is 0 Å². The Bertz CT molecular complexity index is 786. The van der Waals surface area contributed by atoms with Crippen LogP contribution in [0.1, 0.15) is 18.5 Å². The maximum atomic E-state index is 14.9. The molecule has 1 fully saturated rings. The van der Waals surface area contributed by atoms with Gasteiger partial charge in [-0.25, -0.2) is 14.4 Å². The second-order valence-corrected chi connectivity index (χ2v) is 5.86. The summed E-state index contributed by atoms with van der Waals surface area (Å²) in [5.74, 6) is 0.0233. The van der Waals surface area contributed by atoms with Crippen LogP contribution in [0.25, 0.3) is 0 Å². The highest BCUT2D eigenvalue weighted by atomic mass is 19.1. The molecule has 2 aromatic rings. The fourth-order valence-electron chi connectivity index (χ4n) is 2.69. The van der Waals surface area contributed by atoms with E-state index in [1.54, 1.807) is 0 Å². The molecule has 0 saturated carbocycles. The fourth-order valence-corrected chi connectivity index (χ4v) is 2.69. The molecule has 0 aromatic carbocycles. The number of nitrogens with one attached hydrogen (secondary N) is 3. The van der Waals surface area contributed by atoms with E-state index in [9.17, 15) is 4.39 Å². The minimum atomic E-state index is -0.619. The lowest BCUT2D eigenvalue weighted by atomic mass is 10.00. The molecule has 0 aliphatic carbocycles. The number of nitrogens with zero attached hydrogens (tertiary/aromatic N) is 5. The Hall–Kier alpha value is -3.06. The molecule has 3 heterocycles. The summed E-state index contributed by atoms with van der Waals surface area (Å²) in [5, 5.41) is 25.6. The van der Waals surface area contributed by atoms with Gasteiger partial charge in [0.25, 0.3) is 5.88 Å². The molecule has 1 unspecified atom stereocenters. The molecule has 136 valence electrons. The Morgan fingerprint density at radius 1 is 1.38 bits per heavy atom. The molecule has 10 heteroatoms. The zero-order chi connectivity index (χ0) is 18.4. The average molecular weight is 358 g/mol. The molecule has 1 atom stereocenters. The van der Waals surface area contributed by atoms with E-state index >= 15 is 0 Å². The maximum absolute atomic E-state index is 14.9. The van der Waals surface area contributed by atoms with Crippen molar-refractivity contribution in [2.75, 3.05) is 37.4 Å². The highest BCUT2D eigenvalue weighted by Gasteiger charge is 2.20. The van der Waals surface area contributed by atoms with E-state index in [1.807, 2.05) is 6.07 Å². The summed E-state index contributed by atoms with van der Waals surface area (Å²) in [5.41, 5.74) is 0.317. The van der Waals surface area contributed by atoms with Crippen LogP contribution < -0.4 is 20.7 Å². The zero-order valence-corrected chi connectivity index (χ0v) is 14.3. The topological polar surface area (TPSA) is 121 Å². The van der Waals surface area contributed by atoms with Crippen LogP contribution in [0.3, 0.4) is 0 Å². The Labute approximate surface area is 150 Å². The van der Waals surface area contributed by atoms with Crippen LogP contribution in [0.5, 0.6) is 5.88 Å². The largest absolute Gasteiger partial charge is 0.478 e. The van der Waals surface area contributed by atoms with Crippen molar-refractivity contribution >= 4 is 17.3 Å². The summed E-state index contributed by atoms with van der Waals surface area (Å²) in [7, 11) is 1.41. The number of rotatable bonds is 6. The lowest BCUT2D eigenvalue weighted by molar-refractivity contribution is 0.382. The second kappa shape index (κ2) is 8.35. The van der Waals surface area contributed by atoms with E-state index in [0.717, 1.165) is 25.9 Å². The van der Waals surface area contributed by atoms with Gasteiger partial charge in [0.1, 0.15) is 17.6 Å². The molecule has 0 spiro atoms. The van der Waals surface area contributed by atoms with E-state index in [1.165, 1.54) is 19.5 Å². The summed E-state index contributed by atoms with van der Waals surface area (Å²) in [6.07, 6.45) is 4.79. The molecule has 0 radical (unpaired) electrons. The van der Waals surface area contributed by atoms with Crippen molar-refractivity contribution in [3.8, 4) is 11.9 Å². The number of hydrogen-bond donors (Lipinski definition) is 3. The molecular formula is C16H19FN8O. The first kappa shape index (κ1) is 17.8. The van der Waals surface area contributed by atoms with Crippen LogP contribution in [-0.2, 0) is 0 Å². The predicted molar refractivity (Wildman–Crippen MR) is 92.7 cm³/mol. The first-order chi connectivity index (χ1) is 12.7. The number of hydrogen-bond acceptors (Lipinski definition) is 9. The van der Waals surface area contributed by atoms with Crippen molar-refractivity contribution in [1.82, 2.24) is 25.5 Å². The second-order valence-electron chi connectivity index (χ2n) is 5.86. The zero-order valence-electron chi connectivity index (χ0n) is 14.3. The van der Waals surface area contributed by atoms with Crippen molar-refractivity contribution in [2.45, 2.75) is 12.8 Å². The highest BCUT2D eigenvalue weighted by Crippen LogP contribution is 2.30. The molecular weight excluding hydrogens is 339 g/mol. The van der Waals surface area contributed by atoms with Gasteiger partial charge in [-0.15, -0.1) is 10.2 Å². The standard InChI is InChI=1S/C16H19FN8O/c1-26-16-14(22-7-10-3-2-4-19-6-10)13(17)15(24-25-16)23-12-9-20-11(5-18)8-21-12/h8-10,19H,2-4,6-7H2,1H3,(H2,21,22,23,24). The van der Waals surface area contributed by atoms with Gasteiger partial charge in [-0.05, 0) is 31.8 Å². The van der Waals surface area contributed by atoms with Crippen molar-refractivity contribution < 1.29 is 9.13 Å². The number of piperidine rings is 1. The molecule has 2 aromatic heterocycles. The minimum Gasteiger partial charge on any atom is -0.478 e. The molecule has 9 nitrogen and oxygen atoms in total. The Balaban J connectivity index is 1.76. The predicted octanol–water partition coefficient (Wildman–Crippen LogP) is 1.44. The van der Waals surface area contributed by atoms with Gasteiger partial charge in [0, 0.05) is 6.54 Å². The van der Waals surface area contributed by atoms with E-state index in [2.05, 4.69) is 36.1 Å². The van der Waals surface area contributed by atoms with Crippen molar-refractivity contribution in [3.63, 3.8) is 0 Å². The molecule has 0 bridgehead atoms. The normalized spacial score (nSPS) is 16.6. The summed E-state index contributed by atoms with van der Waals surface area (Å²) in [4.78, 5) is 7.86. The third kappa shape index (κ3) is 4.12. The number of ether oxygens (including phenoxy) is 1. The van der Waals surface area contributed by atoms with Crippen LogP contribution in [-0.4, -0.2) is 46.9 Å². The lowest BCUT2D eigenvalue weighted by Crippen LogP contribution is -2.33. The molecule has 3 rings (SSSR count). The van der Waals surface area contributed by atoms with E-state index < -0.39 is 5.82 Å². The first-order valence-corrected chi connectivity index (χ1v) is 8.25. The van der Waals surface area contributed by atoms with Crippen molar-refractivity contribution in [2.24, 2.45) is 5.92 Å². The number of nitriles is 1.